The van der Waals surface area contributed by atoms with Crippen LogP contribution in [0, 0.1) is 0 Å². The van der Waals surface area contributed by atoms with Gasteiger partial charge in [0.25, 0.3) is 0 Å². The highest BCUT2D eigenvalue weighted by atomic mass is 32.2. The molecule has 3 rings (SSSR count). The van der Waals surface area contributed by atoms with Crippen molar-refractivity contribution < 1.29 is 22.6 Å². The molecule has 2 aromatic carbocycles. The standard InChI is InChI=1S/C20H24N2O5S/c1-5-27-15-8-6-14(7-9-15)18-13-19(22(21-18)28(4,23)24)17-11-10-16(25-2)12-20(17)26-3/h6-12,19H,5,13H2,1-4H3. The van der Waals surface area contributed by atoms with Gasteiger partial charge in [-0.3, -0.25) is 0 Å². The molecule has 28 heavy (non-hydrogen) atoms. The molecule has 1 heterocycles. The molecule has 0 fully saturated rings. The molecule has 0 amide bonds. The molecular weight excluding hydrogens is 380 g/mol. The number of nitrogens with zero attached hydrogens (tertiary/aromatic N) is 2. The van der Waals surface area contributed by atoms with E-state index in [0.717, 1.165) is 27.5 Å². The summed E-state index contributed by atoms with van der Waals surface area (Å²) in [4.78, 5) is 0. The van der Waals surface area contributed by atoms with Crippen molar-refractivity contribution in [2.45, 2.75) is 19.4 Å². The first kappa shape index (κ1) is 20.0. The van der Waals surface area contributed by atoms with Crippen LogP contribution in [0.2, 0.25) is 0 Å². The van der Waals surface area contributed by atoms with Crippen molar-refractivity contribution in [1.82, 2.24) is 4.41 Å². The van der Waals surface area contributed by atoms with Crippen LogP contribution in [0.3, 0.4) is 0 Å². The number of rotatable bonds is 7. The van der Waals surface area contributed by atoms with E-state index in [0.29, 0.717) is 30.2 Å². The summed E-state index contributed by atoms with van der Waals surface area (Å²) in [6.45, 7) is 2.51. The molecule has 0 spiro atoms. The van der Waals surface area contributed by atoms with E-state index in [2.05, 4.69) is 5.10 Å². The third-order valence-electron chi connectivity index (χ3n) is 4.51. The Hall–Kier alpha value is -2.74. The van der Waals surface area contributed by atoms with E-state index < -0.39 is 16.1 Å². The minimum atomic E-state index is -3.56. The van der Waals surface area contributed by atoms with Crippen LogP contribution in [0.5, 0.6) is 17.2 Å². The predicted molar refractivity (Wildman–Crippen MR) is 108 cm³/mol. The molecule has 0 N–H and O–H groups in total. The maximum absolute atomic E-state index is 12.4. The Labute approximate surface area is 165 Å². The van der Waals surface area contributed by atoms with Crippen LogP contribution >= 0.6 is 0 Å². The van der Waals surface area contributed by atoms with Gasteiger partial charge in [0.15, 0.2) is 0 Å². The van der Waals surface area contributed by atoms with Crippen LogP contribution in [0.25, 0.3) is 0 Å². The van der Waals surface area contributed by atoms with Gasteiger partial charge < -0.3 is 14.2 Å². The normalized spacial score (nSPS) is 16.6. The monoisotopic (exact) mass is 404 g/mol. The Bertz CT molecular complexity index is 971. The molecule has 8 heteroatoms. The summed E-state index contributed by atoms with van der Waals surface area (Å²) in [5.41, 5.74) is 2.28. The largest absolute Gasteiger partial charge is 0.497 e. The maximum Gasteiger partial charge on any atom is 0.247 e. The number of sulfonamides is 1. The van der Waals surface area contributed by atoms with Gasteiger partial charge in [-0.25, -0.2) is 8.42 Å². The van der Waals surface area contributed by atoms with E-state index in [1.807, 2.05) is 37.3 Å². The molecule has 0 saturated heterocycles. The fourth-order valence-electron chi connectivity index (χ4n) is 3.20. The van der Waals surface area contributed by atoms with Crippen molar-refractivity contribution in [2.24, 2.45) is 5.10 Å². The molecule has 0 aromatic heterocycles. The van der Waals surface area contributed by atoms with Crippen LogP contribution in [0.15, 0.2) is 47.6 Å². The summed E-state index contributed by atoms with van der Waals surface area (Å²) < 4.78 is 42.1. The molecule has 0 radical (unpaired) electrons. The third kappa shape index (κ3) is 4.06. The van der Waals surface area contributed by atoms with Gasteiger partial charge in [-0.1, -0.05) is 0 Å². The van der Waals surface area contributed by atoms with Gasteiger partial charge in [0, 0.05) is 18.1 Å². The van der Waals surface area contributed by atoms with Crippen LogP contribution in [-0.4, -0.2) is 45.6 Å². The molecule has 2 aromatic rings. The Balaban J connectivity index is 1.98. The van der Waals surface area contributed by atoms with Gasteiger partial charge >= 0.3 is 0 Å². The molecule has 7 nitrogen and oxygen atoms in total. The van der Waals surface area contributed by atoms with Gasteiger partial charge in [0.2, 0.25) is 10.0 Å². The van der Waals surface area contributed by atoms with Crippen LogP contribution < -0.4 is 14.2 Å². The zero-order valence-electron chi connectivity index (χ0n) is 16.4. The third-order valence-corrected chi connectivity index (χ3v) is 5.53. The molecule has 150 valence electrons. The molecule has 1 atom stereocenters. The molecule has 0 bridgehead atoms. The van der Waals surface area contributed by atoms with Gasteiger partial charge in [-0.2, -0.15) is 9.52 Å². The first-order valence-corrected chi connectivity index (χ1v) is 10.7. The highest BCUT2D eigenvalue weighted by molar-refractivity contribution is 7.88. The number of ether oxygens (including phenoxy) is 3. The fraction of sp³-hybridized carbons (Fsp3) is 0.350. The number of benzene rings is 2. The SMILES string of the molecule is CCOc1ccc(C2=NN(S(C)(=O)=O)C(c3ccc(OC)cc3OC)C2)cc1. The van der Waals surface area contributed by atoms with E-state index >= 15 is 0 Å². The van der Waals surface area contributed by atoms with E-state index in [-0.39, 0.29) is 0 Å². The van der Waals surface area contributed by atoms with E-state index in [1.54, 1.807) is 26.4 Å². The van der Waals surface area contributed by atoms with Crippen molar-refractivity contribution in [3.05, 3.63) is 53.6 Å². The predicted octanol–water partition coefficient (Wildman–Crippen LogP) is 3.21. The molecule has 0 saturated carbocycles. The van der Waals surface area contributed by atoms with Crippen molar-refractivity contribution in [3.8, 4) is 17.2 Å². The second-order valence-corrected chi connectivity index (χ2v) is 8.21. The first-order valence-electron chi connectivity index (χ1n) is 8.89. The molecule has 0 aliphatic carbocycles. The summed E-state index contributed by atoms with van der Waals surface area (Å²) in [7, 11) is -0.447. The zero-order chi connectivity index (χ0) is 20.3. The Morgan fingerprint density at radius 3 is 2.32 bits per heavy atom. The van der Waals surface area contributed by atoms with Gasteiger partial charge in [-0.05, 0) is 48.9 Å². The zero-order valence-corrected chi connectivity index (χ0v) is 17.2. The Morgan fingerprint density at radius 1 is 1.07 bits per heavy atom. The molecule has 1 aliphatic rings. The topological polar surface area (TPSA) is 77.4 Å². The van der Waals surface area contributed by atoms with E-state index in [9.17, 15) is 8.42 Å². The fourth-order valence-corrected chi connectivity index (χ4v) is 4.10. The second-order valence-electron chi connectivity index (χ2n) is 6.37. The highest BCUT2D eigenvalue weighted by Crippen LogP contribution is 2.40. The second kappa shape index (κ2) is 8.10. The van der Waals surface area contributed by atoms with Crippen molar-refractivity contribution in [2.75, 3.05) is 27.1 Å². The number of methoxy groups -OCH3 is 2. The van der Waals surface area contributed by atoms with Crippen molar-refractivity contribution in [3.63, 3.8) is 0 Å². The van der Waals surface area contributed by atoms with Gasteiger partial charge in [-0.15, -0.1) is 0 Å². The number of hydrazone groups is 1. The minimum Gasteiger partial charge on any atom is -0.497 e. The Kier molecular flexibility index (Phi) is 5.79. The van der Waals surface area contributed by atoms with E-state index in [4.69, 9.17) is 14.2 Å². The summed E-state index contributed by atoms with van der Waals surface area (Å²) in [5, 5.41) is 4.42. The van der Waals surface area contributed by atoms with Crippen molar-refractivity contribution in [1.29, 1.82) is 0 Å². The molecule has 1 unspecified atom stereocenters. The van der Waals surface area contributed by atoms with Crippen molar-refractivity contribution >= 4 is 15.7 Å². The number of hydrogen-bond donors (Lipinski definition) is 0. The lowest BCUT2D eigenvalue weighted by atomic mass is 9.98. The van der Waals surface area contributed by atoms with Gasteiger partial charge in [0.1, 0.15) is 17.2 Å². The van der Waals surface area contributed by atoms with E-state index in [1.165, 1.54) is 0 Å². The Morgan fingerprint density at radius 2 is 1.75 bits per heavy atom. The minimum absolute atomic E-state index is 0.434. The average Bonchev–Trinajstić information content (AvgIpc) is 3.14. The molecular formula is C20H24N2O5S. The van der Waals surface area contributed by atoms with Crippen LogP contribution in [-0.2, 0) is 10.0 Å². The summed E-state index contributed by atoms with van der Waals surface area (Å²) in [5.74, 6) is 1.96. The van der Waals surface area contributed by atoms with Crippen LogP contribution in [0.1, 0.15) is 30.5 Å². The maximum atomic E-state index is 12.4. The lowest BCUT2D eigenvalue weighted by Gasteiger charge is -2.23. The molecule has 1 aliphatic heterocycles. The highest BCUT2D eigenvalue weighted by Gasteiger charge is 2.36. The summed E-state index contributed by atoms with van der Waals surface area (Å²) >= 11 is 0. The average molecular weight is 404 g/mol. The smallest absolute Gasteiger partial charge is 0.247 e. The number of hydrogen-bond acceptors (Lipinski definition) is 6. The first-order chi connectivity index (χ1) is 13.4. The summed E-state index contributed by atoms with van der Waals surface area (Å²) in [6.07, 6.45) is 1.59. The lowest BCUT2D eigenvalue weighted by molar-refractivity contribution is 0.340. The van der Waals surface area contributed by atoms with Crippen LogP contribution in [0.4, 0.5) is 0 Å². The van der Waals surface area contributed by atoms with Gasteiger partial charge in [0.05, 0.1) is 38.8 Å². The quantitative estimate of drug-likeness (QED) is 0.708. The lowest BCUT2D eigenvalue weighted by Crippen LogP contribution is -2.26. The summed E-state index contributed by atoms with van der Waals surface area (Å²) in [6, 6.07) is 12.3.